The zero-order chi connectivity index (χ0) is 17.0. The number of aryl methyl sites for hydroxylation is 2. The van der Waals surface area contributed by atoms with E-state index in [1.165, 1.54) is 6.07 Å². The van der Waals surface area contributed by atoms with Crippen molar-refractivity contribution in [2.24, 2.45) is 4.99 Å². The molecule has 0 unspecified atom stereocenters. The summed E-state index contributed by atoms with van der Waals surface area (Å²) in [6.07, 6.45) is 2.43. The molecule has 4 heteroatoms. The molecule has 0 heterocycles. The van der Waals surface area contributed by atoms with Gasteiger partial charge in [-0.1, -0.05) is 17.7 Å². The van der Waals surface area contributed by atoms with Crippen LogP contribution in [0.3, 0.4) is 0 Å². The molecule has 0 saturated carbocycles. The van der Waals surface area contributed by atoms with Gasteiger partial charge in [-0.2, -0.15) is 0 Å². The van der Waals surface area contributed by atoms with Crippen LogP contribution in [0.25, 0.3) is 0 Å². The van der Waals surface area contributed by atoms with E-state index in [0.29, 0.717) is 11.4 Å². The minimum absolute atomic E-state index is 0.201. The van der Waals surface area contributed by atoms with E-state index in [2.05, 4.69) is 11.9 Å². The maximum Gasteiger partial charge on any atom is 0.123 e. The number of rotatable bonds is 5. The Morgan fingerprint density at radius 3 is 2.57 bits per heavy atom. The monoisotopic (exact) mass is 332 g/mol. The number of hydrogen-bond donors (Lipinski definition) is 0. The highest BCUT2D eigenvalue weighted by Gasteiger charge is 2.07. The van der Waals surface area contributed by atoms with Gasteiger partial charge >= 0.3 is 0 Å². The van der Waals surface area contributed by atoms with Crippen molar-refractivity contribution in [3.05, 3.63) is 63.4 Å². The van der Waals surface area contributed by atoms with Gasteiger partial charge in [-0.3, -0.25) is 0 Å². The van der Waals surface area contributed by atoms with E-state index < -0.39 is 0 Å². The van der Waals surface area contributed by atoms with Crippen molar-refractivity contribution in [1.82, 2.24) is 4.90 Å². The average molecular weight is 333 g/mol. The summed E-state index contributed by atoms with van der Waals surface area (Å²) in [6.45, 7) is 6.87. The van der Waals surface area contributed by atoms with Gasteiger partial charge in [0.1, 0.15) is 5.82 Å². The van der Waals surface area contributed by atoms with Crippen molar-refractivity contribution in [1.29, 1.82) is 0 Å². The van der Waals surface area contributed by atoms with Gasteiger partial charge in [0.05, 0.1) is 17.0 Å². The molecule has 0 saturated heterocycles. The molecule has 23 heavy (non-hydrogen) atoms. The summed E-state index contributed by atoms with van der Waals surface area (Å²) in [5, 5.41) is 0.611. The fourth-order valence-corrected chi connectivity index (χ4v) is 2.61. The van der Waals surface area contributed by atoms with Crippen molar-refractivity contribution in [2.75, 3.05) is 13.6 Å². The van der Waals surface area contributed by atoms with Crippen LogP contribution in [0.15, 0.2) is 35.3 Å². The largest absolute Gasteiger partial charge is 0.366 e. The first kappa shape index (κ1) is 17.5. The van der Waals surface area contributed by atoms with Gasteiger partial charge in [0.15, 0.2) is 0 Å². The van der Waals surface area contributed by atoms with Gasteiger partial charge in [-0.15, -0.1) is 0 Å². The Hall–Kier alpha value is -1.87. The Bertz CT molecular complexity index is 705. The van der Waals surface area contributed by atoms with Gasteiger partial charge in [0.25, 0.3) is 0 Å². The number of hydrogen-bond acceptors (Lipinski definition) is 1. The van der Waals surface area contributed by atoms with Crippen LogP contribution in [0.1, 0.15) is 29.2 Å². The first-order valence-electron chi connectivity index (χ1n) is 7.68. The first-order valence-corrected chi connectivity index (χ1v) is 8.06. The van der Waals surface area contributed by atoms with Crippen LogP contribution in [0.4, 0.5) is 10.1 Å². The molecule has 0 spiro atoms. The Labute approximate surface area is 142 Å². The Morgan fingerprint density at radius 1 is 1.17 bits per heavy atom. The molecule has 0 aliphatic heterocycles. The highest BCUT2D eigenvalue weighted by atomic mass is 35.5. The fraction of sp³-hybridized carbons (Fsp3) is 0.316. The second-order valence-corrected chi connectivity index (χ2v) is 6.27. The zero-order valence-electron chi connectivity index (χ0n) is 14.0. The van der Waals surface area contributed by atoms with E-state index in [0.717, 1.165) is 34.5 Å². The highest BCUT2D eigenvalue weighted by Crippen LogP contribution is 2.29. The third-order valence-corrected chi connectivity index (χ3v) is 4.10. The van der Waals surface area contributed by atoms with Crippen LogP contribution in [0.2, 0.25) is 5.02 Å². The molecule has 0 bridgehead atoms. The van der Waals surface area contributed by atoms with Crippen molar-refractivity contribution in [3.8, 4) is 0 Å². The highest BCUT2D eigenvalue weighted by molar-refractivity contribution is 6.33. The van der Waals surface area contributed by atoms with E-state index in [9.17, 15) is 4.39 Å². The van der Waals surface area contributed by atoms with Gasteiger partial charge < -0.3 is 4.90 Å². The minimum atomic E-state index is -0.201. The summed E-state index contributed by atoms with van der Waals surface area (Å²) in [5.74, 6) is -0.201. The van der Waals surface area contributed by atoms with Crippen molar-refractivity contribution in [2.45, 2.75) is 27.2 Å². The van der Waals surface area contributed by atoms with E-state index >= 15 is 0 Å². The average Bonchev–Trinajstić information content (AvgIpc) is 2.47. The summed E-state index contributed by atoms with van der Waals surface area (Å²) in [5.41, 5.74) is 4.81. The van der Waals surface area contributed by atoms with E-state index in [1.807, 2.05) is 44.0 Å². The van der Waals surface area contributed by atoms with Gasteiger partial charge in [-0.05, 0) is 73.7 Å². The molecule has 0 aromatic heterocycles. The molecule has 0 amide bonds. The Kier molecular flexibility index (Phi) is 5.78. The van der Waals surface area contributed by atoms with E-state index in [-0.39, 0.29) is 5.82 Å². The third-order valence-electron chi connectivity index (χ3n) is 3.79. The van der Waals surface area contributed by atoms with Crippen LogP contribution in [-0.2, 0) is 6.42 Å². The summed E-state index contributed by atoms with van der Waals surface area (Å²) < 4.78 is 13.5. The lowest BCUT2D eigenvalue weighted by Crippen LogP contribution is -2.14. The predicted molar refractivity (Wildman–Crippen MR) is 96.6 cm³/mol. The molecule has 2 aromatic carbocycles. The minimum Gasteiger partial charge on any atom is -0.366 e. The molecule has 0 aliphatic rings. The van der Waals surface area contributed by atoms with Crippen molar-refractivity contribution < 1.29 is 4.39 Å². The number of halogens is 2. The number of benzene rings is 2. The summed E-state index contributed by atoms with van der Waals surface area (Å²) >= 11 is 6.35. The lowest BCUT2D eigenvalue weighted by atomic mass is 9.99. The van der Waals surface area contributed by atoms with Crippen molar-refractivity contribution >= 4 is 23.6 Å². The smallest absolute Gasteiger partial charge is 0.123 e. The maximum atomic E-state index is 13.5. The van der Waals surface area contributed by atoms with Crippen LogP contribution < -0.4 is 0 Å². The second-order valence-electron chi connectivity index (χ2n) is 5.86. The summed E-state index contributed by atoms with van der Waals surface area (Å²) in [4.78, 5) is 6.40. The molecule has 0 N–H and O–H groups in total. The molecule has 0 radical (unpaired) electrons. The molecule has 0 atom stereocenters. The number of nitrogens with zero attached hydrogens (tertiary/aromatic N) is 2. The van der Waals surface area contributed by atoms with E-state index in [1.54, 1.807) is 12.4 Å². The summed E-state index contributed by atoms with van der Waals surface area (Å²) in [6, 6.07) is 9.01. The lowest BCUT2D eigenvalue weighted by Gasteiger charge is -2.11. The maximum absolute atomic E-state index is 13.5. The van der Waals surface area contributed by atoms with E-state index in [4.69, 9.17) is 11.6 Å². The molecular weight excluding hydrogens is 311 g/mol. The Balaban J connectivity index is 2.27. The van der Waals surface area contributed by atoms with Gasteiger partial charge in [0, 0.05) is 13.6 Å². The topological polar surface area (TPSA) is 15.6 Å². The fourth-order valence-electron chi connectivity index (χ4n) is 2.37. The molecule has 2 aromatic rings. The van der Waals surface area contributed by atoms with Gasteiger partial charge in [0.2, 0.25) is 0 Å². The molecule has 2 rings (SSSR count). The molecule has 122 valence electrons. The third kappa shape index (κ3) is 4.80. The molecule has 0 aliphatic carbocycles. The molecular formula is C19H22ClFN2. The SMILES string of the molecule is CCN(C)/C=N\c1cc(C)c(Cc2cc(C)cc(F)c2)cc1Cl. The van der Waals surface area contributed by atoms with Gasteiger partial charge in [-0.25, -0.2) is 9.38 Å². The van der Waals surface area contributed by atoms with Crippen LogP contribution in [0.5, 0.6) is 0 Å². The standard InChI is InChI=1S/C19H22ClFN2/c1-5-23(4)12-22-19-8-14(3)16(11-18(19)20)9-15-6-13(2)7-17(21)10-15/h6-8,10-12H,5,9H2,1-4H3/b22-12-. The molecule has 0 fully saturated rings. The predicted octanol–water partition coefficient (Wildman–Crippen LogP) is 5.30. The first-order chi connectivity index (χ1) is 10.9. The molecule has 2 nitrogen and oxygen atoms in total. The quantitative estimate of drug-likeness (QED) is 0.536. The van der Waals surface area contributed by atoms with Crippen LogP contribution in [-0.4, -0.2) is 24.8 Å². The zero-order valence-corrected chi connectivity index (χ0v) is 14.8. The van der Waals surface area contributed by atoms with Crippen LogP contribution in [0, 0.1) is 19.7 Å². The Morgan fingerprint density at radius 2 is 1.91 bits per heavy atom. The lowest BCUT2D eigenvalue weighted by molar-refractivity contribution is 0.552. The van der Waals surface area contributed by atoms with Crippen molar-refractivity contribution in [3.63, 3.8) is 0 Å². The van der Waals surface area contributed by atoms with Crippen LogP contribution >= 0.6 is 11.6 Å². The normalized spacial score (nSPS) is 11.2. The summed E-state index contributed by atoms with van der Waals surface area (Å²) in [7, 11) is 1.96. The second kappa shape index (κ2) is 7.60. The number of aliphatic imine (C=N–C) groups is 1.